The average molecular weight is 421 g/mol. The molecule has 0 aliphatic carbocycles. The van der Waals surface area contributed by atoms with Crippen LogP contribution in [0, 0.1) is 0 Å². The van der Waals surface area contributed by atoms with Gasteiger partial charge in [0.2, 0.25) is 5.91 Å². The Morgan fingerprint density at radius 2 is 1.75 bits per heavy atom. The fourth-order valence-electron chi connectivity index (χ4n) is 2.42. The number of nitrogens with zero attached hydrogens (tertiary/aromatic N) is 1. The molecule has 1 aromatic heterocycles. The molecule has 0 unspecified atom stereocenters. The third kappa shape index (κ3) is 6.28. The van der Waals surface area contributed by atoms with E-state index in [4.69, 9.17) is 11.6 Å². The van der Waals surface area contributed by atoms with Gasteiger partial charge >= 0.3 is 0 Å². The Kier molecular flexibility index (Phi) is 7.90. The zero-order chi connectivity index (χ0) is 20.7. The van der Waals surface area contributed by atoms with Crippen molar-refractivity contribution in [3.63, 3.8) is 0 Å². The van der Waals surface area contributed by atoms with Gasteiger partial charge in [0, 0.05) is 45.5 Å². The summed E-state index contributed by atoms with van der Waals surface area (Å²) in [6, 6.07) is 8.15. The van der Waals surface area contributed by atoms with Crippen LogP contribution < -0.4 is 5.32 Å². The molecule has 8 heteroatoms. The summed E-state index contributed by atoms with van der Waals surface area (Å²) in [4.78, 5) is 50.0. The predicted molar refractivity (Wildman–Crippen MR) is 110 cm³/mol. The lowest BCUT2D eigenvalue weighted by atomic mass is 10.1. The fourth-order valence-corrected chi connectivity index (χ4v) is 3.32. The topological polar surface area (TPSA) is 83.6 Å². The van der Waals surface area contributed by atoms with Crippen LogP contribution >= 0.6 is 22.9 Å². The van der Waals surface area contributed by atoms with E-state index in [0.717, 1.165) is 0 Å². The maximum Gasteiger partial charge on any atom is 0.254 e. The fraction of sp³-hybridized carbons (Fsp3) is 0.300. The van der Waals surface area contributed by atoms with Crippen LogP contribution in [-0.4, -0.2) is 42.4 Å². The van der Waals surface area contributed by atoms with Crippen LogP contribution in [0.1, 0.15) is 45.7 Å². The van der Waals surface area contributed by atoms with Gasteiger partial charge in [-0.2, -0.15) is 0 Å². The van der Waals surface area contributed by atoms with Gasteiger partial charge < -0.3 is 10.2 Å². The molecule has 0 saturated heterocycles. The van der Waals surface area contributed by atoms with Crippen LogP contribution in [0.4, 0.5) is 5.69 Å². The minimum Gasteiger partial charge on any atom is -0.345 e. The van der Waals surface area contributed by atoms with Gasteiger partial charge in [-0.15, -0.1) is 11.3 Å². The highest BCUT2D eigenvalue weighted by Crippen LogP contribution is 2.22. The molecular formula is C20H21ClN2O4S. The van der Waals surface area contributed by atoms with Crippen LogP contribution in [0.2, 0.25) is 5.02 Å². The van der Waals surface area contributed by atoms with Gasteiger partial charge in [-0.25, -0.2) is 0 Å². The molecule has 0 bridgehead atoms. The van der Waals surface area contributed by atoms with E-state index in [1.165, 1.54) is 28.4 Å². The van der Waals surface area contributed by atoms with E-state index in [0.29, 0.717) is 15.6 Å². The Balaban J connectivity index is 1.82. The van der Waals surface area contributed by atoms with E-state index in [1.54, 1.807) is 32.3 Å². The molecular weight excluding hydrogens is 400 g/mol. The molecule has 28 heavy (non-hydrogen) atoms. The summed E-state index contributed by atoms with van der Waals surface area (Å²) in [7, 11) is 3.22. The van der Waals surface area contributed by atoms with Gasteiger partial charge in [0.15, 0.2) is 5.78 Å². The lowest BCUT2D eigenvalue weighted by Crippen LogP contribution is -2.22. The number of Topliss-reactive ketones (excluding diaryl/α,β-unsaturated/α-hetero) is 2. The standard InChI is InChI=1S/C20H21ClN2O4S/c1-23(2)20(27)15-12-13(5-8-16(15)21)22-19(26)10-7-14(24)6-9-17(25)18-4-3-11-28-18/h3-5,8,11-12H,6-7,9-10H2,1-2H3,(H,22,26). The number of benzene rings is 1. The number of rotatable bonds is 9. The van der Waals surface area contributed by atoms with Crippen molar-refractivity contribution >= 4 is 52.0 Å². The first-order valence-electron chi connectivity index (χ1n) is 8.67. The van der Waals surface area contributed by atoms with Gasteiger partial charge in [0.1, 0.15) is 5.78 Å². The number of carbonyl (C=O) groups is 4. The zero-order valence-corrected chi connectivity index (χ0v) is 17.2. The molecule has 0 saturated carbocycles. The number of hydrogen-bond acceptors (Lipinski definition) is 5. The highest BCUT2D eigenvalue weighted by molar-refractivity contribution is 7.12. The number of anilines is 1. The summed E-state index contributed by atoms with van der Waals surface area (Å²) < 4.78 is 0. The second-order valence-corrected chi connectivity index (χ2v) is 7.74. The predicted octanol–water partition coefficient (Wildman–Crippen LogP) is 4.05. The van der Waals surface area contributed by atoms with Crippen molar-refractivity contribution in [2.75, 3.05) is 19.4 Å². The quantitative estimate of drug-likeness (QED) is 0.620. The van der Waals surface area contributed by atoms with Crippen LogP contribution in [0.5, 0.6) is 0 Å². The third-order valence-electron chi connectivity index (χ3n) is 3.94. The van der Waals surface area contributed by atoms with Crippen LogP contribution in [-0.2, 0) is 9.59 Å². The Morgan fingerprint density at radius 3 is 2.39 bits per heavy atom. The van der Waals surface area contributed by atoms with E-state index < -0.39 is 0 Å². The maximum atomic E-state index is 12.1. The van der Waals surface area contributed by atoms with Gasteiger partial charge in [-0.3, -0.25) is 19.2 Å². The minimum atomic E-state index is -0.344. The number of nitrogens with one attached hydrogen (secondary N) is 1. The smallest absolute Gasteiger partial charge is 0.254 e. The highest BCUT2D eigenvalue weighted by atomic mass is 35.5. The molecule has 1 aromatic carbocycles. The summed E-state index contributed by atoms with van der Waals surface area (Å²) in [5.74, 6) is -0.818. The first-order valence-corrected chi connectivity index (χ1v) is 9.93. The molecule has 0 radical (unpaired) electrons. The lowest BCUT2D eigenvalue weighted by molar-refractivity contribution is -0.122. The van der Waals surface area contributed by atoms with Crippen LogP contribution in [0.25, 0.3) is 0 Å². The summed E-state index contributed by atoms with van der Waals surface area (Å²) >= 11 is 7.39. The third-order valence-corrected chi connectivity index (χ3v) is 5.19. The van der Waals surface area contributed by atoms with Crippen molar-refractivity contribution in [1.29, 1.82) is 0 Å². The van der Waals surface area contributed by atoms with Crippen molar-refractivity contribution in [2.24, 2.45) is 0 Å². The Labute approximate surface area is 172 Å². The Morgan fingerprint density at radius 1 is 1.04 bits per heavy atom. The largest absolute Gasteiger partial charge is 0.345 e. The van der Waals surface area contributed by atoms with Crippen LogP contribution in [0.3, 0.4) is 0 Å². The van der Waals surface area contributed by atoms with Crippen molar-refractivity contribution in [3.05, 3.63) is 51.2 Å². The maximum absolute atomic E-state index is 12.1. The first kappa shape index (κ1) is 21.8. The van der Waals surface area contributed by atoms with Crippen molar-refractivity contribution in [2.45, 2.75) is 25.7 Å². The monoisotopic (exact) mass is 420 g/mol. The molecule has 6 nitrogen and oxygen atoms in total. The van der Waals surface area contributed by atoms with Gasteiger partial charge in [-0.1, -0.05) is 17.7 Å². The van der Waals surface area contributed by atoms with Crippen molar-refractivity contribution in [3.8, 4) is 0 Å². The van der Waals surface area contributed by atoms with Crippen molar-refractivity contribution < 1.29 is 19.2 Å². The summed E-state index contributed by atoms with van der Waals surface area (Å²) in [6.45, 7) is 0. The molecule has 2 rings (SSSR count). The molecule has 148 valence electrons. The number of halogens is 1. The van der Waals surface area contributed by atoms with E-state index in [2.05, 4.69) is 5.32 Å². The molecule has 0 spiro atoms. The molecule has 2 aromatic rings. The number of carbonyl (C=O) groups excluding carboxylic acids is 4. The SMILES string of the molecule is CN(C)C(=O)c1cc(NC(=O)CCC(=O)CCC(=O)c2cccs2)ccc1Cl. The molecule has 2 amide bonds. The number of ketones is 2. The minimum absolute atomic E-state index is 0.00557. The lowest BCUT2D eigenvalue weighted by Gasteiger charge is -2.13. The van der Waals surface area contributed by atoms with E-state index in [-0.39, 0.29) is 54.6 Å². The normalized spacial score (nSPS) is 10.4. The Hall–Kier alpha value is -2.51. The number of amides is 2. The van der Waals surface area contributed by atoms with Crippen molar-refractivity contribution in [1.82, 2.24) is 4.90 Å². The summed E-state index contributed by atoms with van der Waals surface area (Å²) in [6.07, 6.45) is 0.326. The zero-order valence-electron chi connectivity index (χ0n) is 15.7. The first-order chi connectivity index (χ1) is 13.3. The molecule has 0 atom stereocenters. The average Bonchev–Trinajstić information content (AvgIpc) is 3.20. The molecule has 0 fully saturated rings. The van der Waals surface area contributed by atoms with Crippen LogP contribution in [0.15, 0.2) is 35.7 Å². The van der Waals surface area contributed by atoms with Gasteiger partial charge in [0.05, 0.1) is 15.5 Å². The van der Waals surface area contributed by atoms with E-state index in [1.807, 2.05) is 5.38 Å². The second kappa shape index (κ2) is 10.1. The molecule has 1 heterocycles. The molecule has 0 aliphatic heterocycles. The molecule has 1 N–H and O–H groups in total. The number of hydrogen-bond donors (Lipinski definition) is 1. The number of thiophene rings is 1. The summed E-state index contributed by atoms with van der Waals surface area (Å²) in [5, 5.41) is 4.77. The van der Waals surface area contributed by atoms with E-state index in [9.17, 15) is 19.2 Å². The van der Waals surface area contributed by atoms with Gasteiger partial charge in [0.25, 0.3) is 5.91 Å². The van der Waals surface area contributed by atoms with Gasteiger partial charge in [-0.05, 0) is 29.6 Å². The highest BCUT2D eigenvalue weighted by Gasteiger charge is 2.15. The molecule has 0 aliphatic rings. The van der Waals surface area contributed by atoms with E-state index >= 15 is 0 Å². The Bertz CT molecular complexity index is 878. The second-order valence-electron chi connectivity index (χ2n) is 6.38. The summed E-state index contributed by atoms with van der Waals surface area (Å²) in [5.41, 5.74) is 0.715.